The first-order valence-corrected chi connectivity index (χ1v) is 6.86. The van der Waals surface area contributed by atoms with E-state index < -0.39 is 0 Å². The third-order valence-electron chi connectivity index (χ3n) is 3.43. The van der Waals surface area contributed by atoms with Crippen LogP contribution in [0.4, 0.5) is 0 Å². The van der Waals surface area contributed by atoms with Crippen molar-refractivity contribution in [1.29, 1.82) is 0 Å². The Hall–Kier alpha value is -1.06. The van der Waals surface area contributed by atoms with E-state index >= 15 is 0 Å². The second kappa shape index (κ2) is 6.21. The van der Waals surface area contributed by atoms with Gasteiger partial charge in [0, 0.05) is 25.2 Å². The molecule has 0 aromatic carbocycles. The first-order chi connectivity index (χ1) is 8.69. The van der Waals surface area contributed by atoms with Crippen LogP contribution in [0.5, 0.6) is 0 Å². The number of hydrogen-bond acceptors (Lipinski definition) is 3. The fourth-order valence-corrected chi connectivity index (χ4v) is 2.45. The molecule has 0 saturated carbocycles. The lowest BCUT2D eigenvalue weighted by Crippen LogP contribution is -2.28. The van der Waals surface area contributed by atoms with Gasteiger partial charge in [0.25, 0.3) is 0 Å². The molecule has 2 heterocycles. The highest BCUT2D eigenvalue weighted by Crippen LogP contribution is 2.18. The first kappa shape index (κ1) is 13.4. The highest BCUT2D eigenvalue weighted by Gasteiger charge is 2.14. The summed E-state index contributed by atoms with van der Waals surface area (Å²) >= 11 is 0. The number of aryl methyl sites for hydroxylation is 1. The minimum atomic E-state index is 0.908. The Balaban J connectivity index is 1.95. The van der Waals surface area contributed by atoms with Gasteiger partial charge in [0.2, 0.25) is 0 Å². The molecule has 2 rings (SSSR count). The second-order valence-corrected chi connectivity index (χ2v) is 5.12. The van der Waals surface area contributed by atoms with Gasteiger partial charge >= 0.3 is 0 Å². The highest BCUT2D eigenvalue weighted by atomic mass is 16.3. The normalized spacial score (nSPS) is 16.9. The van der Waals surface area contributed by atoms with Gasteiger partial charge in [0.1, 0.15) is 11.5 Å². The summed E-state index contributed by atoms with van der Waals surface area (Å²) in [5, 5.41) is 3.35. The molecular weight excluding hydrogens is 224 g/mol. The molecule has 1 aliphatic rings. The predicted molar refractivity (Wildman–Crippen MR) is 74.5 cm³/mol. The van der Waals surface area contributed by atoms with E-state index in [4.69, 9.17) is 4.42 Å². The molecule has 0 unspecified atom stereocenters. The van der Waals surface area contributed by atoms with Crippen molar-refractivity contribution in [3.8, 4) is 0 Å². The van der Waals surface area contributed by atoms with E-state index in [0.29, 0.717) is 0 Å². The van der Waals surface area contributed by atoms with Crippen LogP contribution in [-0.2, 0) is 13.1 Å². The van der Waals surface area contributed by atoms with E-state index in [1.54, 1.807) is 0 Å². The molecule has 1 aromatic rings. The Morgan fingerprint density at radius 1 is 1.39 bits per heavy atom. The fraction of sp³-hybridized carbons (Fsp3) is 0.600. The number of hydrogen-bond donors (Lipinski definition) is 1. The monoisotopic (exact) mass is 248 g/mol. The molecule has 0 atom stereocenters. The number of nitrogens with zero attached hydrogens (tertiary/aromatic N) is 1. The molecule has 3 nitrogen and oxygen atoms in total. The second-order valence-electron chi connectivity index (χ2n) is 5.12. The molecule has 18 heavy (non-hydrogen) atoms. The van der Waals surface area contributed by atoms with Gasteiger partial charge in [-0.1, -0.05) is 18.6 Å². The number of nitrogens with one attached hydrogen (secondary N) is 1. The maximum absolute atomic E-state index is 5.85. The molecule has 0 saturated heterocycles. The Kier molecular flexibility index (Phi) is 4.61. The molecule has 100 valence electrons. The van der Waals surface area contributed by atoms with Crippen molar-refractivity contribution >= 4 is 0 Å². The minimum Gasteiger partial charge on any atom is -0.465 e. The lowest BCUT2D eigenvalue weighted by molar-refractivity contribution is 0.256. The van der Waals surface area contributed by atoms with Crippen LogP contribution in [0.2, 0.25) is 0 Å². The zero-order valence-electron chi connectivity index (χ0n) is 11.8. The third-order valence-corrected chi connectivity index (χ3v) is 3.43. The van der Waals surface area contributed by atoms with Gasteiger partial charge in [0.05, 0.1) is 6.54 Å². The summed E-state index contributed by atoms with van der Waals surface area (Å²) in [7, 11) is 0. The molecule has 0 fully saturated rings. The van der Waals surface area contributed by atoms with Gasteiger partial charge in [0.15, 0.2) is 0 Å². The van der Waals surface area contributed by atoms with Crippen LogP contribution in [0.3, 0.4) is 0 Å². The molecule has 1 aromatic heterocycles. The van der Waals surface area contributed by atoms with Gasteiger partial charge in [-0.15, -0.1) is 0 Å². The quantitative estimate of drug-likeness (QED) is 0.812. The molecular formula is C15H24N2O. The van der Waals surface area contributed by atoms with Crippen molar-refractivity contribution < 1.29 is 4.42 Å². The third kappa shape index (κ3) is 3.47. The van der Waals surface area contributed by atoms with Crippen LogP contribution in [0, 0.1) is 6.92 Å². The molecule has 1 aliphatic heterocycles. The van der Waals surface area contributed by atoms with Crippen LogP contribution in [0.15, 0.2) is 22.1 Å². The molecule has 0 radical (unpaired) electrons. The summed E-state index contributed by atoms with van der Waals surface area (Å²) < 4.78 is 5.85. The van der Waals surface area contributed by atoms with E-state index in [1.807, 2.05) is 0 Å². The zero-order valence-corrected chi connectivity index (χ0v) is 11.8. The van der Waals surface area contributed by atoms with E-state index in [0.717, 1.165) is 50.7 Å². The maximum Gasteiger partial charge on any atom is 0.118 e. The number of rotatable bonds is 5. The van der Waals surface area contributed by atoms with Crippen molar-refractivity contribution in [1.82, 2.24) is 10.2 Å². The Morgan fingerprint density at radius 2 is 2.22 bits per heavy atom. The summed E-state index contributed by atoms with van der Waals surface area (Å²) in [6, 6.07) is 2.20. The fourth-order valence-electron chi connectivity index (χ4n) is 2.45. The van der Waals surface area contributed by atoms with E-state index in [-0.39, 0.29) is 0 Å². The molecule has 1 N–H and O–H groups in total. The van der Waals surface area contributed by atoms with E-state index in [9.17, 15) is 0 Å². The van der Waals surface area contributed by atoms with Gasteiger partial charge < -0.3 is 9.73 Å². The minimum absolute atomic E-state index is 0.908. The highest BCUT2D eigenvalue weighted by molar-refractivity contribution is 5.21. The lowest BCUT2D eigenvalue weighted by Gasteiger charge is -2.24. The Bertz CT molecular complexity index is 420. The molecule has 0 bridgehead atoms. The van der Waals surface area contributed by atoms with Crippen LogP contribution in [0.25, 0.3) is 0 Å². The smallest absolute Gasteiger partial charge is 0.118 e. The summed E-state index contributed by atoms with van der Waals surface area (Å²) in [6.07, 6.45) is 3.50. The molecule has 3 heteroatoms. The topological polar surface area (TPSA) is 28.4 Å². The van der Waals surface area contributed by atoms with E-state index in [1.165, 1.54) is 11.1 Å². The van der Waals surface area contributed by atoms with Gasteiger partial charge in [-0.25, -0.2) is 0 Å². The summed E-state index contributed by atoms with van der Waals surface area (Å²) in [5.74, 6) is 2.14. The molecule has 0 spiro atoms. The van der Waals surface area contributed by atoms with Crippen molar-refractivity contribution in [2.24, 2.45) is 0 Å². The maximum atomic E-state index is 5.85. The van der Waals surface area contributed by atoms with Gasteiger partial charge in [-0.05, 0) is 32.9 Å². The van der Waals surface area contributed by atoms with Crippen LogP contribution >= 0.6 is 0 Å². The largest absolute Gasteiger partial charge is 0.465 e. The summed E-state index contributed by atoms with van der Waals surface area (Å²) in [5.41, 5.74) is 2.76. The summed E-state index contributed by atoms with van der Waals surface area (Å²) in [6.45, 7) is 11.4. The SMILES string of the molecule is CCNCc1cc(CN2CCC=C(C)C2)oc1C. The average molecular weight is 248 g/mol. The Labute approximate surface area is 110 Å². The van der Waals surface area contributed by atoms with Crippen molar-refractivity contribution in [3.63, 3.8) is 0 Å². The van der Waals surface area contributed by atoms with Crippen molar-refractivity contribution in [2.45, 2.75) is 40.3 Å². The Morgan fingerprint density at radius 3 is 2.94 bits per heavy atom. The van der Waals surface area contributed by atoms with Gasteiger partial charge in [-0.3, -0.25) is 4.90 Å². The predicted octanol–water partition coefficient (Wildman–Crippen LogP) is 2.85. The van der Waals surface area contributed by atoms with Crippen LogP contribution < -0.4 is 5.32 Å². The van der Waals surface area contributed by atoms with Gasteiger partial charge in [-0.2, -0.15) is 0 Å². The number of furan rings is 1. The molecule has 0 aliphatic carbocycles. The van der Waals surface area contributed by atoms with Crippen molar-refractivity contribution in [2.75, 3.05) is 19.6 Å². The van der Waals surface area contributed by atoms with Crippen LogP contribution in [-0.4, -0.2) is 24.5 Å². The van der Waals surface area contributed by atoms with Crippen LogP contribution in [0.1, 0.15) is 37.4 Å². The lowest BCUT2D eigenvalue weighted by atomic mass is 10.1. The molecule has 0 amide bonds. The zero-order chi connectivity index (χ0) is 13.0. The van der Waals surface area contributed by atoms with Crippen molar-refractivity contribution in [3.05, 3.63) is 34.8 Å². The summed E-state index contributed by atoms with van der Waals surface area (Å²) in [4.78, 5) is 2.45. The average Bonchev–Trinajstić information content (AvgIpc) is 2.67. The van der Waals surface area contributed by atoms with E-state index in [2.05, 4.69) is 43.1 Å². The first-order valence-electron chi connectivity index (χ1n) is 6.86. The standard InChI is InChI=1S/C15H24N2O/c1-4-16-9-14-8-15(18-13(14)3)11-17-7-5-6-12(2)10-17/h6,8,16H,4-5,7,9-11H2,1-3H3.